The molecule has 0 bridgehead atoms. The van der Waals surface area contributed by atoms with E-state index in [0.29, 0.717) is 11.3 Å². The van der Waals surface area contributed by atoms with Crippen molar-refractivity contribution in [1.82, 2.24) is 14.6 Å². The van der Waals surface area contributed by atoms with Gasteiger partial charge in [0.15, 0.2) is 16.6 Å². The highest BCUT2D eigenvalue weighted by Gasteiger charge is 2.12. The number of fused-ring (bicyclic) bond motifs is 3. The number of carbonyl (C=O) groups is 1. The quantitative estimate of drug-likeness (QED) is 0.372. The van der Waals surface area contributed by atoms with Crippen LogP contribution in [0.15, 0.2) is 70.3 Å². The first-order chi connectivity index (χ1) is 11.7. The molecule has 4 nitrogen and oxygen atoms in total. The smallest absolute Gasteiger partial charge is 0.196 e. The summed E-state index contributed by atoms with van der Waals surface area (Å²) in [6.07, 6.45) is 0. The van der Waals surface area contributed by atoms with Crippen molar-refractivity contribution in [2.75, 3.05) is 5.75 Å². The Morgan fingerprint density at radius 3 is 2.62 bits per heavy atom. The molecule has 2 heterocycles. The van der Waals surface area contributed by atoms with Gasteiger partial charge in [0.2, 0.25) is 0 Å². The molecule has 0 N–H and O–H groups in total. The number of ketones is 1. The normalized spacial score (nSPS) is 11.2. The molecule has 0 aliphatic heterocycles. The number of hydrogen-bond donors (Lipinski definition) is 0. The number of nitrogens with zero attached hydrogens (tertiary/aromatic N) is 3. The molecule has 0 saturated carbocycles. The van der Waals surface area contributed by atoms with Crippen LogP contribution in [0.4, 0.5) is 0 Å². The highest BCUT2D eigenvalue weighted by atomic mass is 79.9. The lowest BCUT2D eigenvalue weighted by atomic mass is 10.2. The van der Waals surface area contributed by atoms with Crippen molar-refractivity contribution in [1.29, 1.82) is 0 Å². The molecule has 0 aliphatic rings. The number of hydrogen-bond acceptors (Lipinski definition) is 4. The second kappa shape index (κ2) is 6.37. The Balaban J connectivity index is 1.64. The summed E-state index contributed by atoms with van der Waals surface area (Å²) < 4.78 is 2.95. The van der Waals surface area contributed by atoms with Gasteiger partial charge in [-0.3, -0.25) is 9.20 Å². The van der Waals surface area contributed by atoms with Crippen LogP contribution in [-0.4, -0.2) is 26.1 Å². The summed E-state index contributed by atoms with van der Waals surface area (Å²) in [6.45, 7) is 0. The molecule has 118 valence electrons. The Hall–Kier alpha value is -2.18. The fourth-order valence-electron chi connectivity index (χ4n) is 2.55. The summed E-state index contributed by atoms with van der Waals surface area (Å²) in [5, 5.41) is 10.3. The second-order valence-electron chi connectivity index (χ2n) is 5.29. The number of para-hydroxylation sites is 1. The van der Waals surface area contributed by atoms with Gasteiger partial charge < -0.3 is 0 Å². The summed E-state index contributed by atoms with van der Waals surface area (Å²) in [6, 6.07) is 19.4. The molecule has 0 amide bonds. The zero-order chi connectivity index (χ0) is 16.5. The highest BCUT2D eigenvalue weighted by molar-refractivity contribution is 9.10. The molecular weight excluding hydrogens is 386 g/mol. The predicted octanol–water partition coefficient (Wildman–Crippen LogP) is 4.62. The van der Waals surface area contributed by atoms with Gasteiger partial charge in [-0.25, -0.2) is 0 Å². The molecule has 0 spiro atoms. The predicted molar refractivity (Wildman–Crippen MR) is 99.7 cm³/mol. The van der Waals surface area contributed by atoms with Crippen LogP contribution in [-0.2, 0) is 0 Å². The van der Waals surface area contributed by atoms with Crippen molar-refractivity contribution in [3.05, 3.63) is 70.7 Å². The van der Waals surface area contributed by atoms with E-state index in [1.165, 1.54) is 11.8 Å². The fraction of sp³-hybridized carbons (Fsp3) is 0.0556. The van der Waals surface area contributed by atoms with Crippen molar-refractivity contribution in [3.63, 3.8) is 0 Å². The summed E-state index contributed by atoms with van der Waals surface area (Å²) in [5.41, 5.74) is 2.52. The number of benzene rings is 2. The largest absolute Gasteiger partial charge is 0.293 e. The average Bonchev–Trinajstić information content (AvgIpc) is 3.04. The maximum Gasteiger partial charge on any atom is 0.196 e. The third-order valence-corrected chi connectivity index (χ3v) is 5.20. The van der Waals surface area contributed by atoms with Crippen LogP contribution >= 0.6 is 27.7 Å². The molecule has 0 saturated heterocycles. The lowest BCUT2D eigenvalue weighted by molar-refractivity contribution is 0.102. The lowest BCUT2D eigenvalue weighted by Gasteiger charge is -2.04. The van der Waals surface area contributed by atoms with E-state index in [1.54, 1.807) is 0 Å². The van der Waals surface area contributed by atoms with Gasteiger partial charge in [-0.1, -0.05) is 58.0 Å². The zero-order valence-electron chi connectivity index (χ0n) is 12.5. The first kappa shape index (κ1) is 15.4. The summed E-state index contributed by atoms with van der Waals surface area (Å²) >= 11 is 4.78. The van der Waals surface area contributed by atoms with E-state index >= 15 is 0 Å². The molecule has 6 heteroatoms. The number of aromatic nitrogens is 3. The van der Waals surface area contributed by atoms with Crippen molar-refractivity contribution in [2.45, 2.75) is 5.16 Å². The topological polar surface area (TPSA) is 47.3 Å². The molecule has 0 fully saturated rings. The van der Waals surface area contributed by atoms with Gasteiger partial charge in [0.25, 0.3) is 0 Å². The Labute approximate surface area is 151 Å². The number of carbonyl (C=O) groups excluding carboxylic acids is 1. The molecule has 0 unspecified atom stereocenters. The maximum atomic E-state index is 12.4. The van der Waals surface area contributed by atoms with E-state index in [9.17, 15) is 4.79 Å². The molecule has 0 aliphatic carbocycles. The van der Waals surface area contributed by atoms with Crippen LogP contribution < -0.4 is 0 Å². The van der Waals surface area contributed by atoms with Crippen LogP contribution in [0.3, 0.4) is 0 Å². The monoisotopic (exact) mass is 397 g/mol. The molecule has 2 aromatic carbocycles. The maximum absolute atomic E-state index is 12.4. The molecule has 4 rings (SSSR count). The standard InChI is InChI=1S/C18H12BrN3OS/c19-14-8-5-13(6-9-14)16(23)11-24-18-21-20-17-10-7-12-3-1-2-4-15(12)22(17)18/h1-10H,11H2. The minimum Gasteiger partial charge on any atom is -0.293 e. The van der Waals surface area contributed by atoms with Gasteiger partial charge in [0, 0.05) is 10.0 Å². The van der Waals surface area contributed by atoms with Gasteiger partial charge in [-0.2, -0.15) is 0 Å². The SMILES string of the molecule is O=C(CSc1nnc2ccc3ccccc3n12)c1ccc(Br)cc1. The second-order valence-corrected chi connectivity index (χ2v) is 7.15. The highest BCUT2D eigenvalue weighted by Crippen LogP contribution is 2.24. The van der Waals surface area contributed by atoms with Crippen molar-refractivity contribution >= 4 is 50.0 Å². The van der Waals surface area contributed by atoms with Gasteiger partial charge >= 0.3 is 0 Å². The van der Waals surface area contributed by atoms with E-state index in [0.717, 1.165) is 26.2 Å². The van der Waals surface area contributed by atoms with E-state index in [2.05, 4.69) is 32.2 Å². The molecular formula is C18H12BrN3OS. The minimum absolute atomic E-state index is 0.0736. The Morgan fingerprint density at radius 1 is 1.00 bits per heavy atom. The molecule has 24 heavy (non-hydrogen) atoms. The molecule has 4 aromatic rings. The van der Waals surface area contributed by atoms with Gasteiger partial charge in [-0.05, 0) is 35.7 Å². The number of Topliss-reactive ketones (excluding diaryl/α,β-unsaturated/α-hetero) is 1. The first-order valence-electron chi connectivity index (χ1n) is 7.37. The molecule has 0 radical (unpaired) electrons. The van der Waals surface area contributed by atoms with Gasteiger partial charge in [0.1, 0.15) is 0 Å². The van der Waals surface area contributed by atoms with Crippen LogP contribution in [0.2, 0.25) is 0 Å². The van der Waals surface area contributed by atoms with Crippen molar-refractivity contribution in [2.24, 2.45) is 0 Å². The molecule has 2 aromatic heterocycles. The van der Waals surface area contributed by atoms with Crippen LogP contribution in [0, 0.1) is 0 Å². The Bertz CT molecular complexity index is 1040. The van der Waals surface area contributed by atoms with Crippen LogP contribution in [0.5, 0.6) is 0 Å². The fourth-order valence-corrected chi connectivity index (χ4v) is 3.67. The van der Waals surface area contributed by atoms with Gasteiger partial charge in [-0.15, -0.1) is 10.2 Å². The van der Waals surface area contributed by atoms with Crippen molar-refractivity contribution in [3.8, 4) is 0 Å². The van der Waals surface area contributed by atoms with E-state index in [-0.39, 0.29) is 5.78 Å². The van der Waals surface area contributed by atoms with E-state index in [4.69, 9.17) is 0 Å². The summed E-state index contributed by atoms with van der Waals surface area (Å²) in [4.78, 5) is 12.4. The first-order valence-corrected chi connectivity index (χ1v) is 9.15. The number of rotatable bonds is 4. The Kier molecular flexibility index (Phi) is 4.08. The van der Waals surface area contributed by atoms with Crippen LogP contribution in [0.1, 0.15) is 10.4 Å². The third-order valence-electron chi connectivity index (χ3n) is 3.75. The van der Waals surface area contributed by atoms with E-state index < -0.39 is 0 Å². The van der Waals surface area contributed by atoms with Crippen molar-refractivity contribution < 1.29 is 4.79 Å². The number of pyridine rings is 1. The van der Waals surface area contributed by atoms with Gasteiger partial charge in [0.05, 0.1) is 11.3 Å². The molecule has 0 atom stereocenters. The lowest BCUT2D eigenvalue weighted by Crippen LogP contribution is -2.03. The average molecular weight is 398 g/mol. The Morgan fingerprint density at radius 2 is 1.79 bits per heavy atom. The number of thioether (sulfide) groups is 1. The number of halogens is 1. The van der Waals surface area contributed by atoms with Crippen LogP contribution in [0.25, 0.3) is 16.6 Å². The van der Waals surface area contributed by atoms with E-state index in [1.807, 2.05) is 59.0 Å². The zero-order valence-corrected chi connectivity index (χ0v) is 14.9. The third kappa shape index (κ3) is 2.83. The summed E-state index contributed by atoms with van der Waals surface area (Å²) in [5.74, 6) is 0.399. The summed E-state index contributed by atoms with van der Waals surface area (Å²) in [7, 11) is 0. The minimum atomic E-state index is 0.0736.